The van der Waals surface area contributed by atoms with Crippen LogP contribution in [0.25, 0.3) is 0 Å². The maximum Gasteiger partial charge on any atom is 0.387 e. The zero-order valence-electron chi connectivity index (χ0n) is 14.3. The van der Waals surface area contributed by atoms with Gasteiger partial charge < -0.3 is 15.0 Å². The minimum absolute atomic E-state index is 0.0298. The van der Waals surface area contributed by atoms with Gasteiger partial charge in [0.1, 0.15) is 5.75 Å². The molecule has 0 radical (unpaired) electrons. The number of likely N-dealkylation sites (N-methyl/N-ethyl adjacent to an activating group) is 1. The SMILES string of the molecule is C[C@H](C(=O)Nc1ccccc1OC(F)F)N1CCC[C@@H](N(C)C)C1. The van der Waals surface area contributed by atoms with Crippen molar-refractivity contribution < 1.29 is 18.3 Å². The van der Waals surface area contributed by atoms with Crippen molar-refractivity contribution in [2.45, 2.75) is 38.5 Å². The molecule has 1 aliphatic heterocycles. The van der Waals surface area contributed by atoms with Crippen molar-refractivity contribution in [2.75, 3.05) is 32.5 Å². The van der Waals surface area contributed by atoms with Crippen LogP contribution in [0, 0.1) is 0 Å². The molecule has 2 atom stereocenters. The Bertz CT molecular complexity index is 554. The second-order valence-electron chi connectivity index (χ2n) is 6.29. The zero-order valence-corrected chi connectivity index (χ0v) is 14.3. The highest BCUT2D eigenvalue weighted by atomic mass is 19.3. The lowest BCUT2D eigenvalue weighted by molar-refractivity contribution is -0.121. The number of nitrogens with zero attached hydrogens (tertiary/aromatic N) is 2. The normalized spacial score (nSPS) is 20.2. The molecule has 1 fully saturated rings. The van der Waals surface area contributed by atoms with E-state index in [9.17, 15) is 13.6 Å². The van der Waals surface area contributed by atoms with Crippen molar-refractivity contribution >= 4 is 11.6 Å². The Labute approximate surface area is 141 Å². The summed E-state index contributed by atoms with van der Waals surface area (Å²) >= 11 is 0. The second kappa shape index (κ2) is 8.39. The summed E-state index contributed by atoms with van der Waals surface area (Å²) in [7, 11) is 4.08. The van der Waals surface area contributed by atoms with E-state index in [1.54, 1.807) is 18.2 Å². The van der Waals surface area contributed by atoms with Crippen LogP contribution < -0.4 is 10.1 Å². The maximum absolute atomic E-state index is 12.5. The number of anilines is 1. The molecule has 0 spiro atoms. The second-order valence-corrected chi connectivity index (χ2v) is 6.29. The predicted molar refractivity (Wildman–Crippen MR) is 89.4 cm³/mol. The number of carbonyl (C=O) groups excluding carboxylic acids is 1. The van der Waals surface area contributed by atoms with Gasteiger partial charge in [-0.2, -0.15) is 8.78 Å². The molecular formula is C17H25F2N3O2. The van der Waals surface area contributed by atoms with E-state index in [0.29, 0.717) is 6.04 Å². The molecule has 5 nitrogen and oxygen atoms in total. The van der Waals surface area contributed by atoms with Gasteiger partial charge in [0.2, 0.25) is 5.91 Å². The van der Waals surface area contributed by atoms with Crippen LogP contribution >= 0.6 is 0 Å². The number of hydrogen-bond donors (Lipinski definition) is 1. The lowest BCUT2D eigenvalue weighted by atomic mass is 10.0. The van der Waals surface area contributed by atoms with E-state index in [1.807, 2.05) is 21.0 Å². The van der Waals surface area contributed by atoms with E-state index in [1.165, 1.54) is 6.07 Å². The first-order chi connectivity index (χ1) is 11.4. The number of carbonyl (C=O) groups is 1. The van der Waals surface area contributed by atoms with Crippen molar-refractivity contribution in [3.05, 3.63) is 24.3 Å². The summed E-state index contributed by atoms with van der Waals surface area (Å²) in [5.74, 6) is -0.252. The van der Waals surface area contributed by atoms with Crippen LogP contribution in [-0.4, -0.2) is 61.6 Å². The number of hydrogen-bond acceptors (Lipinski definition) is 4. The van der Waals surface area contributed by atoms with Gasteiger partial charge in [-0.25, -0.2) is 0 Å². The van der Waals surface area contributed by atoms with Gasteiger partial charge in [-0.15, -0.1) is 0 Å². The van der Waals surface area contributed by atoms with Crippen molar-refractivity contribution in [1.82, 2.24) is 9.80 Å². The molecule has 1 amide bonds. The Morgan fingerprint density at radius 2 is 2.08 bits per heavy atom. The molecule has 1 aliphatic rings. The Kier molecular flexibility index (Phi) is 6.51. The number of amides is 1. The number of likely N-dealkylation sites (tertiary alicyclic amines) is 1. The fourth-order valence-corrected chi connectivity index (χ4v) is 2.93. The third-order valence-electron chi connectivity index (χ3n) is 4.45. The van der Waals surface area contributed by atoms with Crippen LogP contribution in [-0.2, 0) is 4.79 Å². The summed E-state index contributed by atoms with van der Waals surface area (Å²) in [6.07, 6.45) is 2.15. The zero-order chi connectivity index (χ0) is 17.7. The molecule has 1 heterocycles. The highest BCUT2D eigenvalue weighted by Crippen LogP contribution is 2.26. The third kappa shape index (κ3) is 4.88. The molecule has 134 valence electrons. The Morgan fingerprint density at radius 1 is 1.38 bits per heavy atom. The molecule has 0 bridgehead atoms. The number of nitrogens with one attached hydrogen (secondary N) is 1. The molecule has 24 heavy (non-hydrogen) atoms. The van der Waals surface area contributed by atoms with Crippen molar-refractivity contribution in [1.29, 1.82) is 0 Å². The van der Waals surface area contributed by atoms with Gasteiger partial charge in [0, 0.05) is 12.6 Å². The minimum Gasteiger partial charge on any atom is -0.433 e. The number of halogens is 2. The molecule has 0 aromatic heterocycles. The van der Waals surface area contributed by atoms with Crippen molar-refractivity contribution in [3.8, 4) is 5.75 Å². The topological polar surface area (TPSA) is 44.8 Å². The first-order valence-corrected chi connectivity index (χ1v) is 8.13. The van der Waals surface area contributed by atoms with Crippen LogP contribution in [0.5, 0.6) is 5.75 Å². The maximum atomic E-state index is 12.5. The van der Waals surface area contributed by atoms with Crippen LogP contribution in [0.4, 0.5) is 14.5 Å². The number of piperidine rings is 1. The number of rotatable bonds is 6. The molecule has 1 aromatic rings. The smallest absolute Gasteiger partial charge is 0.387 e. The lowest BCUT2D eigenvalue weighted by Crippen LogP contribution is -2.51. The van der Waals surface area contributed by atoms with E-state index < -0.39 is 6.61 Å². The molecule has 0 unspecified atom stereocenters. The van der Waals surface area contributed by atoms with Crippen LogP contribution in [0.1, 0.15) is 19.8 Å². The van der Waals surface area contributed by atoms with E-state index in [-0.39, 0.29) is 23.4 Å². The summed E-state index contributed by atoms with van der Waals surface area (Å²) in [4.78, 5) is 16.8. The van der Waals surface area contributed by atoms with Gasteiger partial charge in [-0.05, 0) is 52.5 Å². The first-order valence-electron chi connectivity index (χ1n) is 8.13. The van der Waals surface area contributed by atoms with Crippen molar-refractivity contribution in [2.24, 2.45) is 0 Å². The third-order valence-corrected chi connectivity index (χ3v) is 4.45. The van der Waals surface area contributed by atoms with E-state index in [2.05, 4.69) is 19.9 Å². The highest BCUT2D eigenvalue weighted by Gasteiger charge is 2.28. The summed E-state index contributed by atoms with van der Waals surface area (Å²) in [6.45, 7) is 0.581. The van der Waals surface area contributed by atoms with E-state index >= 15 is 0 Å². The van der Waals surface area contributed by atoms with Gasteiger partial charge in [0.05, 0.1) is 11.7 Å². The minimum atomic E-state index is -2.93. The molecule has 1 aromatic carbocycles. The van der Waals surface area contributed by atoms with Gasteiger partial charge in [0.25, 0.3) is 0 Å². The average molecular weight is 341 g/mol. The van der Waals surface area contributed by atoms with Gasteiger partial charge in [0.15, 0.2) is 0 Å². The quantitative estimate of drug-likeness (QED) is 0.864. The Balaban J connectivity index is 2.01. The van der Waals surface area contributed by atoms with E-state index in [0.717, 1.165) is 25.9 Å². The average Bonchev–Trinajstić information content (AvgIpc) is 2.55. The summed E-state index contributed by atoms with van der Waals surface area (Å²) in [5, 5.41) is 2.70. The fraction of sp³-hybridized carbons (Fsp3) is 0.588. The summed E-state index contributed by atoms with van der Waals surface area (Å²) in [6, 6.07) is 6.30. The monoisotopic (exact) mass is 341 g/mol. The number of ether oxygens (including phenoxy) is 1. The fourth-order valence-electron chi connectivity index (χ4n) is 2.93. The number of benzene rings is 1. The Hall–Kier alpha value is -1.73. The standard InChI is InChI=1S/C17H25F2N3O2/c1-12(22-10-6-7-13(11-22)21(2)3)16(23)20-14-8-4-5-9-15(14)24-17(18)19/h4-5,8-9,12-13,17H,6-7,10-11H2,1-3H3,(H,20,23)/t12-,13-/m1/s1. The van der Waals surface area contributed by atoms with Crippen LogP contribution in [0.2, 0.25) is 0 Å². The van der Waals surface area contributed by atoms with Gasteiger partial charge in [-0.3, -0.25) is 9.69 Å². The number of para-hydroxylation sites is 2. The van der Waals surface area contributed by atoms with E-state index in [4.69, 9.17) is 0 Å². The molecule has 0 saturated carbocycles. The van der Waals surface area contributed by atoms with Gasteiger partial charge in [-0.1, -0.05) is 12.1 Å². The number of alkyl halides is 2. The Morgan fingerprint density at radius 3 is 2.75 bits per heavy atom. The molecule has 2 rings (SSSR count). The van der Waals surface area contributed by atoms with Gasteiger partial charge >= 0.3 is 6.61 Å². The van der Waals surface area contributed by atoms with Crippen molar-refractivity contribution in [3.63, 3.8) is 0 Å². The molecule has 1 N–H and O–H groups in total. The summed E-state index contributed by atoms with van der Waals surface area (Å²) < 4.78 is 29.4. The van der Waals surface area contributed by atoms with Crippen LogP contribution in [0.3, 0.4) is 0 Å². The highest BCUT2D eigenvalue weighted by molar-refractivity contribution is 5.95. The molecule has 7 heteroatoms. The first kappa shape index (κ1) is 18.6. The molecule has 1 saturated heterocycles. The largest absolute Gasteiger partial charge is 0.433 e. The molecular weight excluding hydrogens is 316 g/mol. The van der Waals surface area contributed by atoms with Crippen LogP contribution in [0.15, 0.2) is 24.3 Å². The lowest BCUT2D eigenvalue weighted by Gasteiger charge is -2.38. The molecule has 0 aliphatic carbocycles. The predicted octanol–water partition coefficient (Wildman–Crippen LogP) is 2.64. The summed E-state index contributed by atoms with van der Waals surface area (Å²) in [5.41, 5.74) is 0.260.